The van der Waals surface area contributed by atoms with Crippen molar-refractivity contribution in [1.82, 2.24) is 19.9 Å². The van der Waals surface area contributed by atoms with Crippen LogP contribution in [-0.2, 0) is 0 Å². The fraction of sp³-hybridized carbons (Fsp3) is 0.286. The number of hydrogen-bond acceptors (Lipinski definition) is 4. The summed E-state index contributed by atoms with van der Waals surface area (Å²) < 4.78 is 1.55. The van der Waals surface area contributed by atoms with E-state index in [1.54, 1.807) is 29.1 Å². The summed E-state index contributed by atoms with van der Waals surface area (Å²) in [5.74, 6) is 1.88. The normalized spacial score (nSPS) is 18.2. The number of amides is 1. The molecular weight excluding hydrogens is 308 g/mol. The minimum atomic E-state index is -0.0659. The lowest BCUT2D eigenvalue weighted by molar-refractivity contribution is 0.0766. The highest BCUT2D eigenvalue weighted by molar-refractivity contribution is 7.99. The van der Waals surface area contributed by atoms with E-state index in [4.69, 9.17) is 11.6 Å². The average molecular weight is 321 g/mol. The zero-order valence-electron chi connectivity index (χ0n) is 11.2. The molecule has 3 rings (SSSR count). The maximum atomic E-state index is 12.3. The van der Waals surface area contributed by atoms with Gasteiger partial charge in [0.05, 0.1) is 16.9 Å². The van der Waals surface area contributed by atoms with Gasteiger partial charge in [0.2, 0.25) is 0 Å². The molecule has 1 aromatic rings. The largest absolute Gasteiger partial charge is 0.336 e. The first-order valence-electron chi connectivity index (χ1n) is 6.54. The first-order chi connectivity index (χ1) is 10.2. The molecule has 0 spiro atoms. The van der Waals surface area contributed by atoms with Crippen molar-refractivity contribution in [1.29, 1.82) is 0 Å². The molecule has 2 heterocycles. The molecule has 0 saturated carbocycles. The second-order valence-electron chi connectivity index (χ2n) is 4.54. The number of thioether (sulfide) groups is 1. The van der Waals surface area contributed by atoms with Gasteiger partial charge in [-0.25, -0.2) is 4.68 Å². The Balaban J connectivity index is 1.80. The lowest BCUT2D eigenvalue weighted by Gasteiger charge is -2.25. The minimum Gasteiger partial charge on any atom is -0.336 e. The van der Waals surface area contributed by atoms with E-state index in [9.17, 15) is 4.79 Å². The predicted octanol–water partition coefficient (Wildman–Crippen LogP) is 2.16. The van der Waals surface area contributed by atoms with E-state index in [2.05, 4.69) is 16.0 Å². The molecule has 108 valence electrons. The Labute approximate surface area is 131 Å². The van der Waals surface area contributed by atoms with Gasteiger partial charge in [-0.1, -0.05) is 28.6 Å². The summed E-state index contributed by atoms with van der Waals surface area (Å²) in [5, 5.41) is 8.51. The monoisotopic (exact) mass is 320 g/mol. The van der Waals surface area contributed by atoms with Crippen molar-refractivity contribution >= 4 is 35.0 Å². The zero-order chi connectivity index (χ0) is 14.7. The Morgan fingerprint density at radius 2 is 2.19 bits per heavy atom. The number of aromatic nitrogens is 3. The molecule has 1 amide bonds. The summed E-state index contributed by atoms with van der Waals surface area (Å²) in [6.07, 6.45) is 8.73. The van der Waals surface area contributed by atoms with E-state index in [1.807, 2.05) is 22.7 Å². The first-order valence-corrected chi connectivity index (χ1v) is 8.07. The number of carbonyl (C=O) groups is 1. The molecule has 0 bridgehead atoms. The Hall–Kier alpha value is -1.75. The smallest absolute Gasteiger partial charge is 0.276 e. The summed E-state index contributed by atoms with van der Waals surface area (Å²) in [6.45, 7) is 1.53. The van der Waals surface area contributed by atoms with Crippen molar-refractivity contribution in [2.24, 2.45) is 0 Å². The van der Waals surface area contributed by atoms with E-state index in [0.717, 1.165) is 30.3 Å². The third kappa shape index (κ3) is 3.29. The number of allylic oxidation sites excluding steroid dienone is 5. The first kappa shape index (κ1) is 14.2. The highest BCUT2D eigenvalue weighted by atomic mass is 35.5. The van der Waals surface area contributed by atoms with E-state index in [0.29, 0.717) is 10.7 Å². The molecule has 1 aromatic heterocycles. The summed E-state index contributed by atoms with van der Waals surface area (Å²) in [5.41, 5.74) is 4.02. The standard InChI is InChI=1S/C14H13ClN4OS/c15-11-2-1-3-12(5-4-11)19-10-13(16-17-19)14(20)18-6-8-21-9-7-18/h1-3,5,10H,6-9H2. The summed E-state index contributed by atoms with van der Waals surface area (Å²) in [4.78, 5) is 14.2. The van der Waals surface area contributed by atoms with Gasteiger partial charge < -0.3 is 4.90 Å². The van der Waals surface area contributed by atoms with Gasteiger partial charge in [0, 0.05) is 30.7 Å². The van der Waals surface area contributed by atoms with Gasteiger partial charge in [-0.2, -0.15) is 11.8 Å². The molecule has 0 atom stereocenters. The molecule has 1 saturated heterocycles. The fourth-order valence-electron chi connectivity index (χ4n) is 2.03. The third-order valence-electron chi connectivity index (χ3n) is 3.14. The Kier molecular flexibility index (Phi) is 4.29. The number of carbonyl (C=O) groups excluding carboxylic acids is 1. The second-order valence-corrected chi connectivity index (χ2v) is 6.17. The van der Waals surface area contributed by atoms with Crippen molar-refractivity contribution in [3.63, 3.8) is 0 Å². The zero-order valence-corrected chi connectivity index (χ0v) is 12.8. The quantitative estimate of drug-likeness (QED) is 0.784. The van der Waals surface area contributed by atoms with Crippen LogP contribution in [0.25, 0.3) is 5.70 Å². The third-order valence-corrected chi connectivity index (χ3v) is 4.32. The lowest BCUT2D eigenvalue weighted by atomic mass is 10.3. The number of halogens is 1. The van der Waals surface area contributed by atoms with Gasteiger partial charge >= 0.3 is 0 Å². The van der Waals surface area contributed by atoms with Crippen LogP contribution in [0.1, 0.15) is 10.5 Å². The molecule has 0 unspecified atom stereocenters. The summed E-state index contributed by atoms with van der Waals surface area (Å²) in [6, 6.07) is 0. The molecule has 1 aliphatic heterocycles. The number of nitrogens with zero attached hydrogens (tertiary/aromatic N) is 4. The van der Waals surface area contributed by atoms with Crippen LogP contribution >= 0.6 is 23.4 Å². The van der Waals surface area contributed by atoms with Gasteiger partial charge in [-0.15, -0.1) is 5.10 Å². The van der Waals surface area contributed by atoms with Crippen LogP contribution < -0.4 is 0 Å². The lowest BCUT2D eigenvalue weighted by Crippen LogP contribution is -2.38. The minimum absolute atomic E-state index is 0.0659. The van der Waals surface area contributed by atoms with Gasteiger partial charge in [0.15, 0.2) is 5.69 Å². The Morgan fingerprint density at radius 1 is 1.38 bits per heavy atom. The molecule has 5 nitrogen and oxygen atoms in total. The van der Waals surface area contributed by atoms with E-state index in [1.165, 1.54) is 0 Å². The van der Waals surface area contributed by atoms with Crippen molar-refractivity contribution in [3.8, 4) is 0 Å². The number of hydrogen-bond donors (Lipinski definition) is 0. The highest BCUT2D eigenvalue weighted by Gasteiger charge is 2.21. The maximum Gasteiger partial charge on any atom is 0.276 e. The average Bonchev–Trinajstić information content (AvgIpc) is 2.91. The van der Waals surface area contributed by atoms with Crippen LogP contribution in [0.2, 0.25) is 0 Å². The summed E-state index contributed by atoms with van der Waals surface area (Å²) in [7, 11) is 0. The van der Waals surface area contributed by atoms with Gasteiger partial charge in [0.1, 0.15) is 0 Å². The number of rotatable bonds is 2. The van der Waals surface area contributed by atoms with Crippen LogP contribution in [0, 0.1) is 0 Å². The fourth-order valence-corrected chi connectivity index (χ4v) is 3.06. The molecule has 1 aliphatic carbocycles. The van der Waals surface area contributed by atoms with E-state index >= 15 is 0 Å². The van der Waals surface area contributed by atoms with E-state index in [-0.39, 0.29) is 5.91 Å². The van der Waals surface area contributed by atoms with Crippen molar-refractivity contribution < 1.29 is 4.79 Å². The van der Waals surface area contributed by atoms with E-state index < -0.39 is 0 Å². The molecule has 0 N–H and O–H groups in total. The predicted molar refractivity (Wildman–Crippen MR) is 84.1 cm³/mol. The van der Waals surface area contributed by atoms with Gasteiger partial charge in [-0.05, 0) is 12.2 Å². The van der Waals surface area contributed by atoms with Crippen molar-refractivity contribution in [2.75, 3.05) is 24.6 Å². The molecule has 0 aromatic carbocycles. The molecule has 1 fully saturated rings. The van der Waals surface area contributed by atoms with Gasteiger partial charge in [-0.3, -0.25) is 4.79 Å². The van der Waals surface area contributed by atoms with Crippen LogP contribution in [0.4, 0.5) is 0 Å². The molecular formula is C14H13ClN4OS. The Morgan fingerprint density at radius 3 is 3.00 bits per heavy atom. The molecule has 0 radical (unpaired) electrons. The molecule has 21 heavy (non-hydrogen) atoms. The second kappa shape index (κ2) is 6.35. The van der Waals surface area contributed by atoms with Crippen molar-refractivity contribution in [3.05, 3.63) is 47.0 Å². The topological polar surface area (TPSA) is 51.0 Å². The highest BCUT2D eigenvalue weighted by Crippen LogP contribution is 2.14. The SMILES string of the molecule is O=C(c1cn(C2=CC=CC(Cl)=C=C2)nn1)N1CCSCC1. The van der Waals surface area contributed by atoms with Crippen LogP contribution in [-0.4, -0.2) is 50.4 Å². The maximum absolute atomic E-state index is 12.3. The van der Waals surface area contributed by atoms with Gasteiger partial charge in [0.25, 0.3) is 5.91 Å². The van der Waals surface area contributed by atoms with Crippen LogP contribution in [0.15, 0.2) is 41.3 Å². The molecule has 2 aliphatic rings. The molecule has 7 heteroatoms. The van der Waals surface area contributed by atoms with Crippen LogP contribution in [0.5, 0.6) is 0 Å². The van der Waals surface area contributed by atoms with Crippen LogP contribution in [0.3, 0.4) is 0 Å². The summed E-state index contributed by atoms with van der Waals surface area (Å²) >= 11 is 7.74. The Bertz CT molecular complexity index is 679. The van der Waals surface area contributed by atoms with Crippen molar-refractivity contribution in [2.45, 2.75) is 0 Å².